The molecular formula is C25H23Cl2F3N6. The molecule has 2 aliphatic rings. The van der Waals surface area contributed by atoms with E-state index in [9.17, 15) is 13.2 Å². The molecule has 3 heterocycles. The van der Waals surface area contributed by atoms with Gasteiger partial charge in [0, 0.05) is 60.5 Å². The third-order valence-electron chi connectivity index (χ3n) is 6.29. The fraction of sp³-hybridized carbons (Fsp3) is 0.320. The third-order valence-corrected chi connectivity index (χ3v) is 7.00. The number of rotatable bonds is 5. The number of anilines is 3. The molecule has 0 saturated carbocycles. The van der Waals surface area contributed by atoms with Gasteiger partial charge in [-0.15, -0.1) is 0 Å². The largest absolute Gasteiger partial charge is 0.416 e. The maximum absolute atomic E-state index is 13.0. The molecule has 1 aromatic heterocycles. The van der Waals surface area contributed by atoms with Crippen molar-refractivity contribution < 1.29 is 13.2 Å². The third kappa shape index (κ3) is 5.28. The van der Waals surface area contributed by atoms with Gasteiger partial charge in [0.05, 0.1) is 11.3 Å². The molecular weight excluding hydrogens is 512 g/mol. The van der Waals surface area contributed by atoms with Crippen LogP contribution >= 0.6 is 23.2 Å². The highest BCUT2D eigenvalue weighted by atomic mass is 35.5. The Morgan fingerprint density at radius 3 is 2.25 bits per heavy atom. The van der Waals surface area contributed by atoms with E-state index < -0.39 is 11.7 Å². The molecule has 0 radical (unpaired) electrons. The van der Waals surface area contributed by atoms with Gasteiger partial charge in [0.25, 0.3) is 0 Å². The molecule has 36 heavy (non-hydrogen) atoms. The van der Waals surface area contributed by atoms with Gasteiger partial charge in [-0.1, -0.05) is 29.3 Å². The Morgan fingerprint density at radius 1 is 0.944 bits per heavy atom. The quantitative estimate of drug-likeness (QED) is 0.424. The molecule has 5 rings (SSSR count). The number of aliphatic imine (C=N–C) groups is 1. The predicted octanol–water partition coefficient (Wildman–Crippen LogP) is 6.17. The van der Waals surface area contributed by atoms with E-state index in [0.717, 1.165) is 55.3 Å². The van der Waals surface area contributed by atoms with E-state index in [1.807, 2.05) is 0 Å². The molecule has 0 bridgehead atoms. The summed E-state index contributed by atoms with van der Waals surface area (Å²) in [7, 11) is 2.07. The Morgan fingerprint density at radius 2 is 1.61 bits per heavy atom. The topological polar surface area (TPSA) is 56.6 Å². The number of fused-ring (bicyclic) bond motifs is 1. The summed E-state index contributed by atoms with van der Waals surface area (Å²) in [5, 5.41) is 4.29. The molecule has 11 heteroatoms. The first kappa shape index (κ1) is 24.8. The summed E-state index contributed by atoms with van der Waals surface area (Å²) in [5.41, 5.74) is 2.72. The van der Waals surface area contributed by atoms with Crippen LogP contribution in [0.5, 0.6) is 0 Å². The smallest absolute Gasteiger partial charge is 0.338 e. The van der Waals surface area contributed by atoms with Crippen molar-refractivity contribution in [3.63, 3.8) is 0 Å². The molecule has 2 aliphatic heterocycles. The van der Waals surface area contributed by atoms with Crippen LogP contribution in [-0.4, -0.2) is 53.8 Å². The molecule has 1 saturated heterocycles. The van der Waals surface area contributed by atoms with Crippen molar-refractivity contribution >= 4 is 52.1 Å². The molecule has 2 aromatic carbocycles. The molecule has 6 nitrogen and oxygen atoms in total. The van der Waals surface area contributed by atoms with Crippen molar-refractivity contribution in [2.45, 2.75) is 19.0 Å². The lowest BCUT2D eigenvalue weighted by Gasteiger charge is -2.32. The summed E-state index contributed by atoms with van der Waals surface area (Å²) in [6.07, 6.45) is -3.44. The molecule has 0 amide bonds. The van der Waals surface area contributed by atoms with Crippen molar-refractivity contribution in [3.05, 3.63) is 69.3 Å². The number of aromatic nitrogens is 2. The zero-order chi connectivity index (χ0) is 25.4. The Hall–Kier alpha value is -2.88. The van der Waals surface area contributed by atoms with Gasteiger partial charge in [0.15, 0.2) is 5.82 Å². The van der Waals surface area contributed by atoms with Crippen LogP contribution in [0.2, 0.25) is 10.0 Å². The second-order valence-electron chi connectivity index (χ2n) is 8.89. The number of benzene rings is 2. The molecule has 1 fully saturated rings. The van der Waals surface area contributed by atoms with Crippen molar-refractivity contribution in [2.75, 3.05) is 43.4 Å². The van der Waals surface area contributed by atoms with Gasteiger partial charge in [-0.3, -0.25) is 4.99 Å². The van der Waals surface area contributed by atoms with E-state index in [-0.39, 0.29) is 0 Å². The van der Waals surface area contributed by atoms with Gasteiger partial charge >= 0.3 is 6.18 Å². The summed E-state index contributed by atoms with van der Waals surface area (Å²) in [6.45, 7) is 3.32. The second-order valence-corrected chi connectivity index (χ2v) is 9.70. The van der Waals surface area contributed by atoms with E-state index in [2.05, 4.69) is 22.2 Å². The molecule has 0 spiro atoms. The lowest BCUT2D eigenvalue weighted by molar-refractivity contribution is -0.137. The Bertz CT molecular complexity index is 1280. The van der Waals surface area contributed by atoms with Crippen LogP contribution in [0.25, 0.3) is 0 Å². The van der Waals surface area contributed by atoms with Gasteiger partial charge in [-0.2, -0.15) is 18.2 Å². The van der Waals surface area contributed by atoms with Gasteiger partial charge in [0.1, 0.15) is 5.69 Å². The average Bonchev–Trinajstić information content (AvgIpc) is 3.25. The molecule has 0 atom stereocenters. The van der Waals surface area contributed by atoms with Crippen molar-refractivity contribution in [1.29, 1.82) is 0 Å². The van der Waals surface area contributed by atoms with Crippen LogP contribution in [0, 0.1) is 0 Å². The number of alkyl halides is 3. The maximum atomic E-state index is 13.0. The zero-order valence-electron chi connectivity index (χ0n) is 19.4. The number of piperazine rings is 1. The Balaban J connectivity index is 1.47. The molecule has 3 aromatic rings. The molecule has 188 valence electrons. The Labute approximate surface area is 216 Å². The number of halogens is 5. The fourth-order valence-corrected chi connectivity index (χ4v) is 4.77. The van der Waals surface area contributed by atoms with Gasteiger partial charge < -0.3 is 15.1 Å². The van der Waals surface area contributed by atoms with Crippen LogP contribution in [0.15, 0.2) is 47.5 Å². The molecule has 0 aliphatic carbocycles. The van der Waals surface area contributed by atoms with Crippen LogP contribution < -0.4 is 10.2 Å². The number of hydrogen-bond donors (Lipinski definition) is 1. The summed E-state index contributed by atoms with van der Waals surface area (Å²) >= 11 is 12.7. The first-order chi connectivity index (χ1) is 17.2. The van der Waals surface area contributed by atoms with Gasteiger partial charge in [-0.05, 0) is 49.0 Å². The van der Waals surface area contributed by atoms with Crippen molar-refractivity contribution in [1.82, 2.24) is 14.9 Å². The maximum Gasteiger partial charge on any atom is 0.416 e. The number of nitrogens with one attached hydrogen (secondary N) is 1. The summed E-state index contributed by atoms with van der Waals surface area (Å²) in [4.78, 5) is 18.7. The van der Waals surface area contributed by atoms with E-state index >= 15 is 0 Å². The fourth-order valence-electron chi connectivity index (χ4n) is 4.24. The van der Waals surface area contributed by atoms with Crippen LogP contribution in [0.3, 0.4) is 0 Å². The number of nitrogens with zero attached hydrogens (tertiary/aromatic N) is 5. The standard InChI is InChI=1S/C25H23Cl2F3N6/c1-35-9-11-36(12-10-35)24-33-21-14-17(13-18-19(26)3-2-4-20(18)27)31-22(21)23(34-24)32-16-7-5-15(6-8-16)25(28,29)30/h2-8H,9-14H2,1H3,(H,32,33,34). The minimum atomic E-state index is -4.40. The van der Waals surface area contributed by atoms with Crippen molar-refractivity contribution in [2.24, 2.45) is 4.99 Å². The predicted molar refractivity (Wildman–Crippen MR) is 137 cm³/mol. The zero-order valence-corrected chi connectivity index (χ0v) is 20.9. The Kier molecular flexibility index (Phi) is 6.80. The lowest BCUT2D eigenvalue weighted by atomic mass is 10.1. The minimum absolute atomic E-state index is 0.453. The van der Waals surface area contributed by atoms with E-state index in [1.165, 1.54) is 12.1 Å². The average molecular weight is 535 g/mol. The second kappa shape index (κ2) is 9.88. The summed E-state index contributed by atoms with van der Waals surface area (Å²) in [6, 6.07) is 10.2. The normalized spacial score (nSPS) is 16.2. The highest BCUT2D eigenvalue weighted by molar-refractivity contribution is 6.36. The number of hydrogen-bond acceptors (Lipinski definition) is 6. The first-order valence-electron chi connectivity index (χ1n) is 11.5. The number of likely N-dealkylation sites (N-methyl/N-ethyl adjacent to an activating group) is 1. The van der Waals surface area contributed by atoms with E-state index in [0.29, 0.717) is 46.0 Å². The van der Waals surface area contributed by atoms with E-state index in [1.54, 1.807) is 18.2 Å². The SMILES string of the molecule is CN1CCN(c2nc3c(c(Nc4ccc(C(F)(F)F)cc4)n2)N=C(Cc2c(Cl)cccc2Cl)C3)CC1. The molecule has 0 unspecified atom stereocenters. The van der Waals surface area contributed by atoms with Crippen molar-refractivity contribution in [3.8, 4) is 0 Å². The van der Waals surface area contributed by atoms with Crippen LogP contribution in [0.4, 0.5) is 36.3 Å². The van der Waals surface area contributed by atoms with Crippen LogP contribution in [-0.2, 0) is 19.0 Å². The van der Waals surface area contributed by atoms with E-state index in [4.69, 9.17) is 38.2 Å². The highest BCUT2D eigenvalue weighted by Gasteiger charge is 2.30. The van der Waals surface area contributed by atoms with Crippen LogP contribution in [0.1, 0.15) is 16.8 Å². The summed E-state index contributed by atoms with van der Waals surface area (Å²) < 4.78 is 39.0. The lowest BCUT2D eigenvalue weighted by Crippen LogP contribution is -2.45. The summed E-state index contributed by atoms with van der Waals surface area (Å²) in [5.74, 6) is 1.03. The minimum Gasteiger partial charge on any atom is -0.338 e. The van der Waals surface area contributed by atoms with Gasteiger partial charge in [-0.25, -0.2) is 4.98 Å². The first-order valence-corrected chi connectivity index (χ1v) is 12.2. The molecule has 1 N–H and O–H groups in total. The van der Waals surface area contributed by atoms with Gasteiger partial charge in [0.2, 0.25) is 5.95 Å². The monoisotopic (exact) mass is 534 g/mol. The highest BCUT2D eigenvalue weighted by Crippen LogP contribution is 2.38.